The fourth-order valence-electron chi connectivity index (χ4n) is 0.250. The van der Waals surface area contributed by atoms with E-state index >= 15 is 0 Å². The fourth-order valence-corrected chi connectivity index (χ4v) is 0.750. The van der Waals surface area contributed by atoms with Gasteiger partial charge in [0.2, 0.25) is 0 Å². The van der Waals surface area contributed by atoms with Gasteiger partial charge < -0.3 is 0 Å². The highest BCUT2D eigenvalue weighted by molar-refractivity contribution is 7.06. The van der Waals surface area contributed by atoms with E-state index in [2.05, 4.69) is 22.2 Å². The van der Waals surface area contributed by atoms with E-state index in [1.165, 1.54) is 0 Å². The van der Waals surface area contributed by atoms with E-state index in [4.69, 9.17) is 25.7 Å². The first-order valence-corrected chi connectivity index (χ1v) is 4.15. The van der Waals surface area contributed by atoms with Crippen LogP contribution in [-0.2, 0) is 0 Å². The Bertz CT molecular complexity index is 197. The van der Waals surface area contributed by atoms with E-state index in [9.17, 15) is 0 Å². The number of terminal acetylenes is 4. The van der Waals surface area contributed by atoms with E-state index in [0.29, 0.717) is 0 Å². The quantitative estimate of drug-likeness (QED) is 0.321. The molecular weight excluding hydrogens is 124 g/mol. The first-order valence-electron chi connectivity index (χ1n) is 2.15. The molecule has 0 aliphatic heterocycles. The van der Waals surface area contributed by atoms with Crippen LogP contribution in [-0.4, -0.2) is 8.07 Å². The molecule has 0 aliphatic carbocycles. The lowest BCUT2D eigenvalue weighted by Gasteiger charge is -1.98. The van der Waals surface area contributed by atoms with Crippen LogP contribution in [0.15, 0.2) is 0 Å². The zero-order valence-electron chi connectivity index (χ0n) is 4.81. The summed E-state index contributed by atoms with van der Waals surface area (Å²) < 4.78 is 0. The van der Waals surface area contributed by atoms with Crippen molar-refractivity contribution in [3.8, 4) is 47.9 Å². The van der Waals surface area contributed by atoms with Crippen molar-refractivity contribution in [2.45, 2.75) is 0 Å². The van der Waals surface area contributed by atoms with Gasteiger partial charge in [-0.2, -0.15) is 0 Å². The summed E-state index contributed by atoms with van der Waals surface area (Å²) in [5.41, 5.74) is 9.18. The first-order chi connectivity index (χ1) is 4.24. The molecule has 0 atom stereocenters. The third kappa shape index (κ3) is 1.17. The molecule has 0 saturated carbocycles. The van der Waals surface area contributed by atoms with Gasteiger partial charge in [0.05, 0.1) is 0 Å². The summed E-state index contributed by atoms with van der Waals surface area (Å²) in [6, 6.07) is 0. The number of hydrogen-bond donors (Lipinski definition) is 0. The highest BCUT2D eigenvalue weighted by Gasteiger charge is 2.22. The molecule has 0 aromatic carbocycles. The van der Waals surface area contributed by atoms with Crippen molar-refractivity contribution in [3.63, 3.8) is 0 Å². The third-order valence-corrected chi connectivity index (χ3v) is 2.60. The lowest BCUT2D eigenvalue weighted by atomic mass is 11.3. The van der Waals surface area contributed by atoms with Gasteiger partial charge in [-0.25, -0.2) is 0 Å². The molecule has 0 N–H and O–H groups in total. The van der Waals surface area contributed by atoms with E-state index in [-0.39, 0.29) is 0 Å². The molecule has 0 rings (SSSR count). The van der Waals surface area contributed by atoms with Crippen molar-refractivity contribution in [3.05, 3.63) is 0 Å². The molecule has 0 heterocycles. The zero-order valence-corrected chi connectivity index (χ0v) is 5.81. The minimum atomic E-state index is -2.58. The Morgan fingerprint density at radius 1 is 0.667 bits per heavy atom. The lowest BCUT2D eigenvalue weighted by Crippen LogP contribution is -2.27. The molecule has 9 heavy (non-hydrogen) atoms. The van der Waals surface area contributed by atoms with E-state index in [0.717, 1.165) is 0 Å². The van der Waals surface area contributed by atoms with Gasteiger partial charge in [-0.3, -0.25) is 0 Å². The van der Waals surface area contributed by atoms with Crippen molar-refractivity contribution in [2.75, 3.05) is 0 Å². The molecule has 0 aromatic rings. The summed E-state index contributed by atoms with van der Waals surface area (Å²) in [5.74, 6) is 0. The Labute approximate surface area is 56.7 Å². The topological polar surface area (TPSA) is 0 Å². The minimum absolute atomic E-state index is 2.30. The molecule has 40 valence electrons. The van der Waals surface area contributed by atoms with E-state index in [1.807, 2.05) is 0 Å². The zero-order chi connectivity index (χ0) is 7.33. The summed E-state index contributed by atoms with van der Waals surface area (Å²) >= 11 is 0. The average molecular weight is 128 g/mol. The van der Waals surface area contributed by atoms with Crippen LogP contribution in [0, 0.1) is 47.9 Å². The average Bonchev–Trinajstić information content (AvgIpc) is 1.95. The number of rotatable bonds is 0. The SMILES string of the molecule is C#C[Si](C#C)(C#C)C#C. The molecule has 0 saturated heterocycles. The van der Waals surface area contributed by atoms with Gasteiger partial charge in [0.25, 0.3) is 0 Å². The van der Waals surface area contributed by atoms with Crippen LogP contribution in [0.3, 0.4) is 0 Å². The van der Waals surface area contributed by atoms with E-state index < -0.39 is 8.07 Å². The first kappa shape index (κ1) is 7.46. The predicted molar refractivity (Wildman–Crippen MR) is 41.1 cm³/mol. The molecule has 0 fully saturated rings. The van der Waals surface area contributed by atoms with Crippen LogP contribution in [0.25, 0.3) is 0 Å². The Morgan fingerprint density at radius 2 is 0.889 bits per heavy atom. The summed E-state index contributed by atoms with van der Waals surface area (Å²) in [7, 11) is -2.58. The Kier molecular flexibility index (Phi) is 2.23. The molecule has 0 radical (unpaired) electrons. The molecular formula is C8H4Si. The van der Waals surface area contributed by atoms with Crippen molar-refractivity contribution in [1.29, 1.82) is 0 Å². The standard InChI is InChI=1S/C8H4Si/c1-5-9(6-2,7-3)8-4/h1-4H. The van der Waals surface area contributed by atoms with Gasteiger partial charge in [0.1, 0.15) is 0 Å². The van der Waals surface area contributed by atoms with Crippen LogP contribution in [0.5, 0.6) is 0 Å². The molecule has 1 heteroatoms. The summed E-state index contributed by atoms with van der Waals surface area (Å²) in [6.07, 6.45) is 20.1. The predicted octanol–water partition coefficient (Wildman–Crippen LogP) is 0.125. The normalized spacial score (nSPS) is 7.56. The van der Waals surface area contributed by atoms with Crippen molar-refractivity contribution >= 4 is 8.07 Å². The number of hydrogen-bond acceptors (Lipinski definition) is 0. The van der Waals surface area contributed by atoms with Crippen LogP contribution < -0.4 is 0 Å². The van der Waals surface area contributed by atoms with Gasteiger partial charge in [0, 0.05) is 0 Å². The van der Waals surface area contributed by atoms with Crippen LogP contribution >= 0.6 is 0 Å². The van der Waals surface area contributed by atoms with Gasteiger partial charge >= 0.3 is 8.07 Å². The van der Waals surface area contributed by atoms with Crippen molar-refractivity contribution in [1.82, 2.24) is 0 Å². The highest BCUT2D eigenvalue weighted by Crippen LogP contribution is 1.92. The Morgan fingerprint density at radius 3 is 0.889 bits per heavy atom. The van der Waals surface area contributed by atoms with Crippen molar-refractivity contribution < 1.29 is 0 Å². The second kappa shape index (κ2) is 2.69. The summed E-state index contributed by atoms with van der Waals surface area (Å²) in [5, 5.41) is 0. The fraction of sp³-hybridized carbons (Fsp3) is 0. The second-order valence-electron chi connectivity index (χ2n) is 1.33. The smallest absolute Gasteiger partial charge is 0.124 e. The van der Waals surface area contributed by atoms with Crippen LogP contribution in [0.4, 0.5) is 0 Å². The van der Waals surface area contributed by atoms with Crippen LogP contribution in [0.1, 0.15) is 0 Å². The maximum atomic E-state index is 5.02. The molecule has 0 aromatic heterocycles. The molecule has 0 unspecified atom stereocenters. The van der Waals surface area contributed by atoms with Gasteiger partial charge in [-0.1, -0.05) is 22.2 Å². The molecule has 0 amide bonds. The van der Waals surface area contributed by atoms with Gasteiger partial charge in [-0.05, 0) is 0 Å². The van der Waals surface area contributed by atoms with Crippen LogP contribution in [0.2, 0.25) is 0 Å². The van der Waals surface area contributed by atoms with E-state index in [1.54, 1.807) is 0 Å². The molecule has 0 spiro atoms. The van der Waals surface area contributed by atoms with Crippen molar-refractivity contribution in [2.24, 2.45) is 0 Å². The largest absolute Gasteiger partial charge is 0.368 e. The summed E-state index contributed by atoms with van der Waals surface area (Å²) in [4.78, 5) is 0. The maximum absolute atomic E-state index is 5.02. The molecule has 0 bridgehead atoms. The molecule has 0 nitrogen and oxygen atoms in total. The van der Waals surface area contributed by atoms with Gasteiger partial charge in [0.15, 0.2) is 0 Å². The lowest BCUT2D eigenvalue weighted by molar-refractivity contribution is 2.45. The minimum Gasteiger partial charge on any atom is -0.124 e. The second-order valence-corrected chi connectivity index (χ2v) is 3.98. The Balaban J connectivity index is 4.84. The van der Waals surface area contributed by atoms with Gasteiger partial charge in [-0.15, -0.1) is 25.7 Å². The maximum Gasteiger partial charge on any atom is 0.368 e. The summed E-state index contributed by atoms with van der Waals surface area (Å²) in [6.45, 7) is 0. The molecule has 0 aliphatic rings. The highest BCUT2D eigenvalue weighted by atomic mass is 28.3. The Hall–Kier alpha value is -1.54. The monoisotopic (exact) mass is 128 g/mol. The third-order valence-electron chi connectivity index (χ3n) is 0.866.